The highest BCUT2D eigenvalue weighted by atomic mass is 16.2. The molecule has 1 aromatic carbocycles. The van der Waals surface area contributed by atoms with Gasteiger partial charge in [-0.15, -0.1) is 0 Å². The van der Waals surface area contributed by atoms with Crippen molar-refractivity contribution in [1.29, 1.82) is 0 Å². The molecule has 0 saturated carbocycles. The molecule has 4 N–H and O–H groups in total. The van der Waals surface area contributed by atoms with Gasteiger partial charge in [-0.1, -0.05) is 6.07 Å². The number of hydrogen-bond donors (Lipinski definition) is 3. The highest BCUT2D eigenvalue weighted by Gasteiger charge is 2.12. The standard InChI is InChI=1S/C16H19N5O/c1-10-7-15(17)21(20-10)9-16(22)19-11(2)12-3-4-14-13(8-12)5-6-18-14/h3-8,11,18H,9,17H2,1-2H3,(H,19,22)/t11-/m0/s1. The maximum absolute atomic E-state index is 12.1. The molecule has 2 aromatic heterocycles. The zero-order valence-corrected chi connectivity index (χ0v) is 12.6. The third-order valence-electron chi connectivity index (χ3n) is 3.68. The summed E-state index contributed by atoms with van der Waals surface area (Å²) in [4.78, 5) is 15.3. The molecule has 114 valence electrons. The Hall–Kier alpha value is -2.76. The highest BCUT2D eigenvalue weighted by molar-refractivity contribution is 5.80. The Kier molecular flexibility index (Phi) is 3.58. The molecule has 22 heavy (non-hydrogen) atoms. The Morgan fingerprint density at radius 3 is 2.95 bits per heavy atom. The maximum atomic E-state index is 12.1. The van der Waals surface area contributed by atoms with Gasteiger partial charge in [-0.3, -0.25) is 4.79 Å². The molecule has 6 nitrogen and oxygen atoms in total. The molecule has 1 atom stereocenters. The summed E-state index contributed by atoms with van der Waals surface area (Å²) in [5.41, 5.74) is 8.75. The smallest absolute Gasteiger partial charge is 0.242 e. The van der Waals surface area contributed by atoms with Crippen LogP contribution in [0.5, 0.6) is 0 Å². The molecule has 0 aliphatic rings. The van der Waals surface area contributed by atoms with Gasteiger partial charge in [-0.25, -0.2) is 4.68 Å². The summed E-state index contributed by atoms with van der Waals surface area (Å²) in [6, 6.07) is 9.78. The SMILES string of the molecule is Cc1cc(N)n(CC(=O)N[C@@H](C)c2ccc3[nH]ccc3c2)n1. The average Bonchev–Trinajstić information content (AvgIpc) is 3.04. The monoisotopic (exact) mass is 297 g/mol. The number of benzene rings is 1. The number of nitrogen functional groups attached to an aromatic ring is 1. The number of carbonyl (C=O) groups excluding carboxylic acids is 1. The minimum absolute atomic E-state index is 0.0790. The molecular formula is C16H19N5O. The number of nitrogens with one attached hydrogen (secondary N) is 2. The Bertz CT molecular complexity index is 817. The summed E-state index contributed by atoms with van der Waals surface area (Å²) in [7, 11) is 0. The van der Waals surface area contributed by atoms with E-state index < -0.39 is 0 Å². The number of aromatic amines is 1. The van der Waals surface area contributed by atoms with E-state index in [9.17, 15) is 4.79 Å². The highest BCUT2D eigenvalue weighted by Crippen LogP contribution is 2.19. The van der Waals surface area contributed by atoms with E-state index >= 15 is 0 Å². The lowest BCUT2D eigenvalue weighted by Crippen LogP contribution is -2.30. The quantitative estimate of drug-likeness (QED) is 0.689. The second-order valence-corrected chi connectivity index (χ2v) is 5.48. The van der Waals surface area contributed by atoms with Gasteiger partial charge in [0.15, 0.2) is 0 Å². The number of rotatable bonds is 4. The summed E-state index contributed by atoms with van der Waals surface area (Å²) in [6.07, 6.45) is 1.90. The largest absolute Gasteiger partial charge is 0.384 e. The van der Waals surface area contributed by atoms with E-state index in [1.807, 2.05) is 38.2 Å². The summed E-state index contributed by atoms with van der Waals surface area (Å²) in [6.45, 7) is 3.93. The second kappa shape index (κ2) is 5.55. The van der Waals surface area contributed by atoms with Gasteiger partial charge >= 0.3 is 0 Å². The fraction of sp³-hybridized carbons (Fsp3) is 0.250. The summed E-state index contributed by atoms with van der Waals surface area (Å²) < 4.78 is 1.51. The minimum atomic E-state index is -0.114. The predicted octanol–water partition coefficient (Wildman–Crippen LogP) is 2.13. The number of nitrogens with two attached hydrogens (primary N) is 1. The molecule has 3 aromatic rings. The van der Waals surface area contributed by atoms with Crippen LogP contribution < -0.4 is 11.1 Å². The molecule has 6 heteroatoms. The normalized spacial score (nSPS) is 12.5. The molecule has 0 saturated heterocycles. The van der Waals surface area contributed by atoms with Crippen LogP contribution in [0.2, 0.25) is 0 Å². The van der Waals surface area contributed by atoms with Crippen LogP contribution in [0, 0.1) is 6.92 Å². The van der Waals surface area contributed by atoms with Crippen molar-refractivity contribution in [3.8, 4) is 0 Å². The van der Waals surface area contributed by atoms with E-state index in [2.05, 4.69) is 21.5 Å². The van der Waals surface area contributed by atoms with Gasteiger partial charge in [0, 0.05) is 17.8 Å². The number of aryl methyl sites for hydroxylation is 1. The number of carbonyl (C=O) groups is 1. The molecule has 0 unspecified atom stereocenters. The van der Waals surface area contributed by atoms with Crippen molar-refractivity contribution in [2.45, 2.75) is 26.4 Å². The van der Waals surface area contributed by atoms with Crippen molar-refractivity contribution >= 4 is 22.6 Å². The number of H-pyrrole nitrogens is 1. The lowest BCUT2D eigenvalue weighted by Gasteiger charge is -2.15. The van der Waals surface area contributed by atoms with Gasteiger partial charge in [0.1, 0.15) is 12.4 Å². The molecular weight excluding hydrogens is 278 g/mol. The van der Waals surface area contributed by atoms with E-state index in [0.29, 0.717) is 5.82 Å². The third kappa shape index (κ3) is 2.81. The van der Waals surface area contributed by atoms with E-state index in [0.717, 1.165) is 22.2 Å². The van der Waals surface area contributed by atoms with E-state index in [4.69, 9.17) is 5.73 Å². The van der Waals surface area contributed by atoms with Crippen molar-refractivity contribution in [2.24, 2.45) is 0 Å². The Balaban J connectivity index is 1.68. The number of hydrogen-bond acceptors (Lipinski definition) is 3. The van der Waals surface area contributed by atoms with Crippen LogP contribution in [-0.4, -0.2) is 20.7 Å². The molecule has 1 amide bonds. The lowest BCUT2D eigenvalue weighted by atomic mass is 10.1. The molecule has 2 heterocycles. The molecule has 0 aliphatic carbocycles. The lowest BCUT2D eigenvalue weighted by molar-refractivity contribution is -0.122. The summed E-state index contributed by atoms with van der Waals surface area (Å²) >= 11 is 0. The van der Waals surface area contributed by atoms with Gasteiger partial charge in [0.05, 0.1) is 11.7 Å². The molecule has 0 radical (unpaired) electrons. The van der Waals surface area contributed by atoms with Crippen molar-refractivity contribution < 1.29 is 4.79 Å². The van der Waals surface area contributed by atoms with Gasteiger partial charge in [0.25, 0.3) is 0 Å². The van der Waals surface area contributed by atoms with Crippen LogP contribution in [-0.2, 0) is 11.3 Å². The van der Waals surface area contributed by atoms with Crippen molar-refractivity contribution in [3.05, 3.63) is 47.8 Å². The Morgan fingerprint density at radius 1 is 1.41 bits per heavy atom. The molecule has 0 fully saturated rings. The van der Waals surface area contributed by atoms with Crippen LogP contribution in [0.3, 0.4) is 0 Å². The van der Waals surface area contributed by atoms with E-state index in [1.165, 1.54) is 4.68 Å². The minimum Gasteiger partial charge on any atom is -0.384 e. The average molecular weight is 297 g/mol. The number of fused-ring (bicyclic) bond motifs is 1. The van der Waals surface area contributed by atoms with Crippen LogP contribution in [0.15, 0.2) is 36.5 Å². The number of aromatic nitrogens is 3. The van der Waals surface area contributed by atoms with Crippen LogP contribution in [0.1, 0.15) is 24.2 Å². The van der Waals surface area contributed by atoms with Gasteiger partial charge in [-0.2, -0.15) is 5.10 Å². The molecule has 0 bridgehead atoms. The van der Waals surface area contributed by atoms with Crippen molar-refractivity contribution in [3.63, 3.8) is 0 Å². The topological polar surface area (TPSA) is 88.7 Å². The van der Waals surface area contributed by atoms with Gasteiger partial charge < -0.3 is 16.0 Å². The van der Waals surface area contributed by atoms with Crippen LogP contribution in [0.25, 0.3) is 10.9 Å². The maximum Gasteiger partial charge on any atom is 0.242 e. The molecule has 3 rings (SSSR count). The number of anilines is 1. The van der Waals surface area contributed by atoms with Gasteiger partial charge in [-0.05, 0) is 43.0 Å². The predicted molar refractivity (Wildman–Crippen MR) is 86.2 cm³/mol. The fourth-order valence-corrected chi connectivity index (χ4v) is 2.54. The zero-order valence-electron chi connectivity index (χ0n) is 12.6. The van der Waals surface area contributed by atoms with Crippen LogP contribution in [0.4, 0.5) is 5.82 Å². The van der Waals surface area contributed by atoms with Crippen molar-refractivity contribution in [2.75, 3.05) is 5.73 Å². The van der Waals surface area contributed by atoms with Gasteiger partial charge in [0.2, 0.25) is 5.91 Å². The summed E-state index contributed by atoms with van der Waals surface area (Å²) in [5.74, 6) is 0.380. The van der Waals surface area contributed by atoms with E-state index in [1.54, 1.807) is 6.07 Å². The summed E-state index contributed by atoms with van der Waals surface area (Å²) in [5, 5.41) is 8.29. The molecule has 0 aliphatic heterocycles. The fourth-order valence-electron chi connectivity index (χ4n) is 2.54. The molecule has 0 spiro atoms. The first-order valence-corrected chi connectivity index (χ1v) is 7.19. The number of nitrogens with zero attached hydrogens (tertiary/aromatic N) is 2. The zero-order chi connectivity index (χ0) is 15.7. The van der Waals surface area contributed by atoms with E-state index in [-0.39, 0.29) is 18.5 Å². The van der Waals surface area contributed by atoms with Crippen molar-refractivity contribution in [1.82, 2.24) is 20.1 Å². The third-order valence-corrected chi connectivity index (χ3v) is 3.68. The Labute approximate surface area is 128 Å². The second-order valence-electron chi connectivity index (χ2n) is 5.48. The first kappa shape index (κ1) is 14.2. The Morgan fingerprint density at radius 2 is 2.23 bits per heavy atom. The van der Waals surface area contributed by atoms with Crippen LogP contribution >= 0.6 is 0 Å². The number of amides is 1. The first-order chi connectivity index (χ1) is 10.5. The first-order valence-electron chi connectivity index (χ1n) is 7.19.